The maximum absolute atomic E-state index is 10.9. The van der Waals surface area contributed by atoms with E-state index in [1.165, 1.54) is 20.5 Å². The van der Waals surface area contributed by atoms with E-state index < -0.39 is 5.97 Å². The molecule has 0 fully saturated rings. The average Bonchev–Trinajstić information content (AvgIpc) is 2.27. The molecule has 0 atom stereocenters. The van der Waals surface area contributed by atoms with E-state index in [9.17, 15) is 4.79 Å². The van der Waals surface area contributed by atoms with Crippen molar-refractivity contribution in [3.63, 3.8) is 0 Å². The SMILES string of the molecule is COC(=O)CNc1ncnc(OC)c1N. The van der Waals surface area contributed by atoms with E-state index in [0.717, 1.165) is 0 Å². The van der Waals surface area contributed by atoms with Gasteiger partial charge in [-0.05, 0) is 0 Å². The maximum Gasteiger partial charge on any atom is 0.325 e. The Hall–Kier alpha value is -2.05. The van der Waals surface area contributed by atoms with Crippen molar-refractivity contribution in [3.8, 4) is 5.88 Å². The molecule has 0 saturated carbocycles. The van der Waals surface area contributed by atoms with Crippen molar-refractivity contribution in [2.45, 2.75) is 0 Å². The summed E-state index contributed by atoms with van der Waals surface area (Å²) in [5.41, 5.74) is 5.91. The molecule has 1 aromatic heterocycles. The van der Waals surface area contributed by atoms with E-state index in [0.29, 0.717) is 5.82 Å². The zero-order valence-corrected chi connectivity index (χ0v) is 8.48. The lowest BCUT2D eigenvalue weighted by Crippen LogP contribution is -2.17. The summed E-state index contributed by atoms with van der Waals surface area (Å²) in [5, 5.41) is 2.71. The smallest absolute Gasteiger partial charge is 0.325 e. The highest BCUT2D eigenvalue weighted by atomic mass is 16.5. The predicted octanol–water partition coefficient (Wildman–Crippen LogP) is -0.348. The summed E-state index contributed by atoms with van der Waals surface area (Å²) >= 11 is 0. The van der Waals surface area contributed by atoms with E-state index in [4.69, 9.17) is 10.5 Å². The van der Waals surface area contributed by atoms with Crippen LogP contribution >= 0.6 is 0 Å². The lowest BCUT2D eigenvalue weighted by Gasteiger charge is -2.08. The highest BCUT2D eigenvalue weighted by Gasteiger charge is 2.09. The van der Waals surface area contributed by atoms with Crippen molar-refractivity contribution in [2.75, 3.05) is 31.8 Å². The highest BCUT2D eigenvalue weighted by molar-refractivity contribution is 5.77. The monoisotopic (exact) mass is 212 g/mol. The number of nitrogen functional groups attached to an aromatic ring is 1. The Kier molecular flexibility index (Phi) is 3.67. The molecule has 0 radical (unpaired) electrons. The number of methoxy groups -OCH3 is 2. The molecule has 0 aromatic carbocycles. The standard InChI is InChI=1S/C8H12N4O3/c1-14-5(13)3-10-7-6(9)8(15-2)12-4-11-7/h4H,3,9H2,1-2H3,(H,10,11,12). The van der Waals surface area contributed by atoms with Gasteiger partial charge >= 0.3 is 5.97 Å². The Labute approximate surface area is 86.6 Å². The Morgan fingerprint density at radius 3 is 2.87 bits per heavy atom. The number of anilines is 2. The molecule has 0 saturated heterocycles. The van der Waals surface area contributed by atoms with Crippen LogP contribution < -0.4 is 15.8 Å². The zero-order chi connectivity index (χ0) is 11.3. The van der Waals surface area contributed by atoms with Crippen LogP contribution in [0.4, 0.5) is 11.5 Å². The molecule has 0 aliphatic rings. The topological polar surface area (TPSA) is 99.4 Å². The number of carbonyl (C=O) groups is 1. The molecule has 1 heterocycles. The van der Waals surface area contributed by atoms with Crippen molar-refractivity contribution in [3.05, 3.63) is 6.33 Å². The minimum Gasteiger partial charge on any atom is -0.479 e. The first kappa shape index (κ1) is 11.0. The van der Waals surface area contributed by atoms with Gasteiger partial charge in [0, 0.05) is 0 Å². The molecule has 1 aromatic rings. The molecule has 0 unspecified atom stereocenters. The van der Waals surface area contributed by atoms with Crippen molar-refractivity contribution in [1.82, 2.24) is 9.97 Å². The van der Waals surface area contributed by atoms with Gasteiger partial charge in [-0.15, -0.1) is 0 Å². The van der Waals surface area contributed by atoms with E-state index in [-0.39, 0.29) is 18.1 Å². The van der Waals surface area contributed by atoms with Crippen LogP contribution in [0.15, 0.2) is 6.33 Å². The molecule has 0 spiro atoms. The van der Waals surface area contributed by atoms with Crippen molar-refractivity contribution in [2.24, 2.45) is 0 Å². The Balaban J connectivity index is 2.73. The lowest BCUT2D eigenvalue weighted by atomic mass is 10.4. The molecule has 0 bridgehead atoms. The largest absolute Gasteiger partial charge is 0.479 e. The number of nitrogens with one attached hydrogen (secondary N) is 1. The number of esters is 1. The molecule has 3 N–H and O–H groups in total. The van der Waals surface area contributed by atoms with Gasteiger partial charge < -0.3 is 20.5 Å². The Morgan fingerprint density at radius 1 is 1.53 bits per heavy atom. The summed E-state index contributed by atoms with van der Waals surface area (Å²) in [7, 11) is 2.75. The summed E-state index contributed by atoms with van der Waals surface area (Å²) in [5.74, 6) is 0.191. The summed E-state index contributed by atoms with van der Waals surface area (Å²) < 4.78 is 9.34. The quantitative estimate of drug-likeness (QED) is 0.658. The Morgan fingerprint density at radius 2 is 2.27 bits per heavy atom. The summed E-state index contributed by atoms with van der Waals surface area (Å²) in [6.45, 7) is -0.0130. The number of rotatable bonds is 4. The summed E-state index contributed by atoms with van der Waals surface area (Å²) in [6.07, 6.45) is 1.29. The molecular formula is C8H12N4O3. The number of hydrogen-bond acceptors (Lipinski definition) is 7. The fourth-order valence-corrected chi connectivity index (χ4v) is 0.911. The Bertz CT molecular complexity index is 356. The van der Waals surface area contributed by atoms with Gasteiger partial charge in [0.15, 0.2) is 5.82 Å². The number of ether oxygens (including phenoxy) is 2. The van der Waals surface area contributed by atoms with Gasteiger partial charge in [0.1, 0.15) is 18.6 Å². The van der Waals surface area contributed by atoms with Crippen LogP contribution in [0.3, 0.4) is 0 Å². The molecule has 0 aliphatic carbocycles. The second-order valence-corrected chi connectivity index (χ2v) is 2.57. The fourth-order valence-electron chi connectivity index (χ4n) is 0.911. The second kappa shape index (κ2) is 4.99. The minimum atomic E-state index is -0.410. The highest BCUT2D eigenvalue weighted by Crippen LogP contribution is 2.23. The molecule has 0 amide bonds. The van der Waals surface area contributed by atoms with Gasteiger partial charge in [0.25, 0.3) is 0 Å². The van der Waals surface area contributed by atoms with Gasteiger partial charge in [0.05, 0.1) is 14.2 Å². The molecule has 7 heteroatoms. The first-order chi connectivity index (χ1) is 7.19. The first-order valence-electron chi connectivity index (χ1n) is 4.14. The third-order valence-electron chi connectivity index (χ3n) is 1.67. The number of carbonyl (C=O) groups excluding carboxylic acids is 1. The third-order valence-corrected chi connectivity index (χ3v) is 1.67. The fraction of sp³-hybridized carbons (Fsp3) is 0.375. The van der Waals surface area contributed by atoms with Crippen LogP contribution in [-0.2, 0) is 9.53 Å². The third kappa shape index (κ3) is 2.70. The van der Waals surface area contributed by atoms with Crippen LogP contribution in [0.2, 0.25) is 0 Å². The predicted molar refractivity (Wildman–Crippen MR) is 53.5 cm³/mol. The number of nitrogens with zero attached hydrogens (tertiary/aromatic N) is 2. The first-order valence-corrected chi connectivity index (χ1v) is 4.14. The van der Waals surface area contributed by atoms with E-state index >= 15 is 0 Å². The van der Waals surface area contributed by atoms with Crippen molar-refractivity contribution in [1.29, 1.82) is 0 Å². The van der Waals surface area contributed by atoms with Gasteiger partial charge in [-0.3, -0.25) is 4.79 Å². The number of aromatic nitrogens is 2. The second-order valence-electron chi connectivity index (χ2n) is 2.57. The minimum absolute atomic E-state index is 0.0130. The number of hydrogen-bond donors (Lipinski definition) is 2. The summed E-state index contributed by atoms with van der Waals surface area (Å²) in [6, 6.07) is 0. The lowest BCUT2D eigenvalue weighted by molar-refractivity contribution is -0.138. The van der Waals surface area contributed by atoms with Crippen LogP contribution in [0, 0.1) is 0 Å². The van der Waals surface area contributed by atoms with Crippen LogP contribution in [-0.4, -0.2) is 36.7 Å². The van der Waals surface area contributed by atoms with Gasteiger partial charge in [0.2, 0.25) is 5.88 Å². The maximum atomic E-state index is 10.9. The van der Waals surface area contributed by atoms with Crippen LogP contribution in [0.1, 0.15) is 0 Å². The van der Waals surface area contributed by atoms with E-state index in [2.05, 4.69) is 20.0 Å². The van der Waals surface area contributed by atoms with E-state index in [1.807, 2.05) is 0 Å². The molecular weight excluding hydrogens is 200 g/mol. The zero-order valence-electron chi connectivity index (χ0n) is 8.48. The average molecular weight is 212 g/mol. The van der Waals surface area contributed by atoms with Crippen LogP contribution in [0.25, 0.3) is 0 Å². The normalized spacial score (nSPS) is 9.47. The number of nitrogens with two attached hydrogens (primary N) is 1. The van der Waals surface area contributed by atoms with Gasteiger partial charge in [-0.1, -0.05) is 0 Å². The van der Waals surface area contributed by atoms with Crippen LogP contribution in [0.5, 0.6) is 5.88 Å². The van der Waals surface area contributed by atoms with Gasteiger partial charge in [-0.2, -0.15) is 4.98 Å². The molecule has 15 heavy (non-hydrogen) atoms. The van der Waals surface area contributed by atoms with E-state index in [1.54, 1.807) is 0 Å². The van der Waals surface area contributed by atoms with Gasteiger partial charge in [-0.25, -0.2) is 4.98 Å². The molecule has 0 aliphatic heterocycles. The molecule has 82 valence electrons. The molecule has 7 nitrogen and oxygen atoms in total. The molecule has 1 rings (SSSR count). The summed E-state index contributed by atoms with van der Waals surface area (Å²) in [4.78, 5) is 18.5. The van der Waals surface area contributed by atoms with Crippen molar-refractivity contribution >= 4 is 17.5 Å². The van der Waals surface area contributed by atoms with Crippen molar-refractivity contribution < 1.29 is 14.3 Å².